The highest BCUT2D eigenvalue weighted by Crippen LogP contribution is 2.11. The zero-order valence-corrected chi connectivity index (χ0v) is 6.24. The van der Waals surface area contributed by atoms with Gasteiger partial charge in [-0.15, -0.1) is 0 Å². The Morgan fingerprint density at radius 1 is 1.44 bits per heavy atom. The summed E-state index contributed by atoms with van der Waals surface area (Å²) in [6.07, 6.45) is 1.76. The smallest absolute Gasteiger partial charge is 0.131 e. The van der Waals surface area contributed by atoms with Crippen molar-refractivity contribution in [2.75, 3.05) is 0 Å². The molecular formula is C7H8ClN. The molecule has 0 bridgehead atoms. The van der Waals surface area contributed by atoms with Crippen LogP contribution in [0.5, 0.6) is 0 Å². The van der Waals surface area contributed by atoms with Crippen molar-refractivity contribution in [2.24, 2.45) is 0 Å². The van der Waals surface area contributed by atoms with Gasteiger partial charge in [-0.2, -0.15) is 0 Å². The molecule has 1 rings (SSSR count). The van der Waals surface area contributed by atoms with Gasteiger partial charge in [0.2, 0.25) is 0 Å². The summed E-state index contributed by atoms with van der Waals surface area (Å²) in [5.74, 6) is 0. The van der Waals surface area contributed by atoms with Crippen LogP contribution in [0.25, 0.3) is 0 Å². The first-order chi connectivity index (χ1) is 4.20. The van der Waals surface area contributed by atoms with Crippen molar-refractivity contribution in [1.29, 1.82) is 0 Å². The van der Waals surface area contributed by atoms with Crippen molar-refractivity contribution in [3.05, 3.63) is 28.5 Å². The fourth-order valence-electron chi connectivity index (χ4n) is 0.699. The first kappa shape index (κ1) is 6.56. The highest BCUT2D eigenvalue weighted by molar-refractivity contribution is 6.30. The van der Waals surface area contributed by atoms with E-state index in [2.05, 4.69) is 4.98 Å². The number of hydrogen-bond donors (Lipinski definition) is 0. The molecule has 0 N–H and O–H groups in total. The van der Waals surface area contributed by atoms with Crippen LogP contribution < -0.4 is 0 Å². The Morgan fingerprint density at radius 3 is 2.56 bits per heavy atom. The molecule has 0 aromatic carbocycles. The molecule has 1 nitrogen and oxygen atoms in total. The van der Waals surface area contributed by atoms with Crippen molar-refractivity contribution in [3.63, 3.8) is 0 Å². The van der Waals surface area contributed by atoms with E-state index < -0.39 is 0 Å². The zero-order chi connectivity index (χ0) is 6.85. The average Bonchev–Trinajstić information content (AvgIpc) is 1.80. The third-order valence-electron chi connectivity index (χ3n) is 1.15. The predicted molar refractivity (Wildman–Crippen MR) is 38.7 cm³/mol. The maximum atomic E-state index is 5.67. The molecule has 0 saturated heterocycles. The minimum Gasteiger partial charge on any atom is -0.244 e. The Kier molecular flexibility index (Phi) is 1.72. The zero-order valence-electron chi connectivity index (χ0n) is 5.48. The standard InChI is InChI=1S/C7H8ClN/c1-5-3-6(2)7(8)9-4-5/h3-4H,1-2H3. The van der Waals surface area contributed by atoms with Gasteiger partial charge in [-0.1, -0.05) is 17.7 Å². The summed E-state index contributed by atoms with van der Waals surface area (Å²) in [5, 5.41) is 0.598. The number of halogens is 1. The summed E-state index contributed by atoms with van der Waals surface area (Å²) in [5.41, 5.74) is 2.19. The molecule has 0 fully saturated rings. The fourth-order valence-corrected chi connectivity index (χ4v) is 0.802. The van der Waals surface area contributed by atoms with E-state index in [-0.39, 0.29) is 0 Å². The molecule has 9 heavy (non-hydrogen) atoms. The van der Waals surface area contributed by atoms with Gasteiger partial charge in [-0.05, 0) is 25.0 Å². The third-order valence-corrected chi connectivity index (χ3v) is 1.55. The molecule has 1 aromatic rings. The van der Waals surface area contributed by atoms with E-state index in [4.69, 9.17) is 11.6 Å². The number of nitrogens with zero attached hydrogens (tertiary/aromatic N) is 1. The predicted octanol–water partition coefficient (Wildman–Crippen LogP) is 2.35. The molecule has 0 aliphatic carbocycles. The lowest BCUT2D eigenvalue weighted by atomic mass is 10.2. The molecule has 0 amide bonds. The van der Waals surface area contributed by atoms with E-state index in [1.807, 2.05) is 19.9 Å². The van der Waals surface area contributed by atoms with Crippen molar-refractivity contribution in [2.45, 2.75) is 13.8 Å². The molecular weight excluding hydrogens is 134 g/mol. The molecule has 0 unspecified atom stereocenters. The number of hydrogen-bond acceptors (Lipinski definition) is 1. The van der Waals surface area contributed by atoms with Crippen molar-refractivity contribution in [3.8, 4) is 0 Å². The first-order valence-corrected chi connectivity index (χ1v) is 3.16. The van der Waals surface area contributed by atoms with Crippen molar-refractivity contribution >= 4 is 11.6 Å². The van der Waals surface area contributed by atoms with Crippen LogP contribution in [0.1, 0.15) is 11.1 Å². The Hall–Kier alpha value is -0.560. The summed E-state index contributed by atoms with van der Waals surface area (Å²) in [6, 6.07) is 2.01. The number of aryl methyl sites for hydroxylation is 2. The summed E-state index contributed by atoms with van der Waals surface area (Å²) in [4.78, 5) is 3.94. The first-order valence-electron chi connectivity index (χ1n) is 2.79. The summed E-state index contributed by atoms with van der Waals surface area (Å²) in [7, 11) is 0. The normalized spacial score (nSPS) is 9.67. The van der Waals surface area contributed by atoms with Gasteiger partial charge in [0.25, 0.3) is 0 Å². The minimum absolute atomic E-state index is 0.598. The molecule has 0 saturated carbocycles. The fraction of sp³-hybridized carbons (Fsp3) is 0.286. The van der Waals surface area contributed by atoms with Crippen LogP contribution in [0, 0.1) is 13.8 Å². The quantitative estimate of drug-likeness (QED) is 0.506. The molecule has 0 aliphatic heterocycles. The van der Waals surface area contributed by atoms with Gasteiger partial charge in [-0.3, -0.25) is 0 Å². The van der Waals surface area contributed by atoms with E-state index in [0.29, 0.717) is 5.15 Å². The van der Waals surface area contributed by atoms with Crippen LogP contribution in [-0.4, -0.2) is 4.98 Å². The van der Waals surface area contributed by atoms with E-state index in [1.54, 1.807) is 6.20 Å². The minimum atomic E-state index is 0.598. The third kappa shape index (κ3) is 1.42. The Labute approximate surface area is 59.7 Å². The van der Waals surface area contributed by atoms with Crippen LogP contribution in [0.15, 0.2) is 12.3 Å². The van der Waals surface area contributed by atoms with Crippen molar-refractivity contribution < 1.29 is 0 Å². The van der Waals surface area contributed by atoms with Crippen molar-refractivity contribution in [1.82, 2.24) is 4.98 Å². The summed E-state index contributed by atoms with van der Waals surface area (Å²) < 4.78 is 0. The van der Waals surface area contributed by atoms with Gasteiger partial charge in [0.05, 0.1) is 0 Å². The maximum Gasteiger partial charge on any atom is 0.131 e. The van der Waals surface area contributed by atoms with E-state index >= 15 is 0 Å². The highest BCUT2D eigenvalue weighted by Gasteiger charge is 1.92. The maximum absolute atomic E-state index is 5.67. The number of aromatic nitrogens is 1. The van der Waals surface area contributed by atoms with E-state index in [0.717, 1.165) is 11.1 Å². The summed E-state index contributed by atoms with van der Waals surface area (Å²) in [6.45, 7) is 3.94. The molecule has 0 aliphatic rings. The molecule has 0 atom stereocenters. The Bertz CT molecular complexity index is 220. The van der Waals surface area contributed by atoms with Crippen LogP contribution in [-0.2, 0) is 0 Å². The molecule has 1 aromatic heterocycles. The molecule has 0 radical (unpaired) electrons. The van der Waals surface area contributed by atoms with E-state index in [9.17, 15) is 0 Å². The molecule has 0 spiro atoms. The number of rotatable bonds is 0. The molecule has 2 heteroatoms. The van der Waals surface area contributed by atoms with Gasteiger partial charge in [0, 0.05) is 6.20 Å². The van der Waals surface area contributed by atoms with Gasteiger partial charge < -0.3 is 0 Å². The number of pyridine rings is 1. The Balaban J connectivity index is 3.17. The molecule has 48 valence electrons. The van der Waals surface area contributed by atoms with Gasteiger partial charge in [0.1, 0.15) is 5.15 Å². The second-order valence-corrected chi connectivity index (χ2v) is 2.48. The molecule has 1 heterocycles. The lowest BCUT2D eigenvalue weighted by Gasteiger charge is -1.95. The SMILES string of the molecule is Cc1cnc(Cl)c(C)c1. The largest absolute Gasteiger partial charge is 0.244 e. The monoisotopic (exact) mass is 141 g/mol. The second-order valence-electron chi connectivity index (χ2n) is 2.12. The van der Waals surface area contributed by atoms with Crippen LogP contribution >= 0.6 is 11.6 Å². The van der Waals surface area contributed by atoms with Gasteiger partial charge in [0.15, 0.2) is 0 Å². The van der Waals surface area contributed by atoms with Crippen LogP contribution in [0.2, 0.25) is 5.15 Å². The average molecular weight is 142 g/mol. The van der Waals surface area contributed by atoms with Crippen LogP contribution in [0.3, 0.4) is 0 Å². The topological polar surface area (TPSA) is 12.9 Å². The van der Waals surface area contributed by atoms with Gasteiger partial charge >= 0.3 is 0 Å². The Morgan fingerprint density at radius 2 is 2.11 bits per heavy atom. The second kappa shape index (κ2) is 2.36. The lowest BCUT2D eigenvalue weighted by molar-refractivity contribution is 1.22. The summed E-state index contributed by atoms with van der Waals surface area (Å²) >= 11 is 5.67. The van der Waals surface area contributed by atoms with E-state index in [1.165, 1.54) is 0 Å². The lowest BCUT2D eigenvalue weighted by Crippen LogP contribution is -1.81. The van der Waals surface area contributed by atoms with Gasteiger partial charge in [-0.25, -0.2) is 4.98 Å². The van der Waals surface area contributed by atoms with Crippen LogP contribution in [0.4, 0.5) is 0 Å². The highest BCUT2D eigenvalue weighted by atomic mass is 35.5.